The van der Waals surface area contributed by atoms with Crippen LogP contribution < -0.4 is 0 Å². The van der Waals surface area contributed by atoms with Crippen molar-refractivity contribution in [2.45, 2.75) is 59.3 Å². The van der Waals surface area contributed by atoms with Gasteiger partial charge in [-0.1, -0.05) is 66.2 Å². The molecule has 1 N–H and O–H groups in total. The molecule has 0 aromatic heterocycles. The summed E-state index contributed by atoms with van der Waals surface area (Å²) in [6.07, 6.45) is 9.84. The minimum atomic E-state index is -0.981. The fourth-order valence-corrected chi connectivity index (χ4v) is 1.53. The van der Waals surface area contributed by atoms with E-state index in [0.717, 1.165) is 31.8 Å². The van der Waals surface area contributed by atoms with Gasteiger partial charge in [0, 0.05) is 18.2 Å². The first-order valence-electron chi connectivity index (χ1n) is 9.26. The third kappa shape index (κ3) is 28.7. The summed E-state index contributed by atoms with van der Waals surface area (Å²) in [4.78, 5) is 30.4. The molecule has 0 radical (unpaired) electrons. The molecule has 0 bridgehead atoms. The van der Waals surface area contributed by atoms with E-state index in [2.05, 4.69) is 38.3 Å². The highest BCUT2D eigenvalue weighted by Gasteiger charge is 2.07. The van der Waals surface area contributed by atoms with Crippen LogP contribution in [0.25, 0.3) is 0 Å². The monoisotopic (exact) mass is 384 g/mol. The average Bonchev–Trinajstić information content (AvgIpc) is 2.68. The molecule has 1 unspecified atom stereocenters. The molecule has 0 saturated heterocycles. The molecule has 0 amide bonds. The van der Waals surface area contributed by atoms with E-state index in [-0.39, 0.29) is 11.9 Å². The van der Waals surface area contributed by atoms with E-state index < -0.39 is 5.97 Å². The lowest BCUT2D eigenvalue weighted by molar-refractivity contribution is -0.139. The number of hydrogen-bond acceptors (Lipinski definition) is 5. The van der Waals surface area contributed by atoms with Crippen LogP contribution in [-0.4, -0.2) is 36.2 Å². The lowest BCUT2D eigenvalue weighted by Crippen LogP contribution is -2.12. The maximum absolute atomic E-state index is 10.8. The quantitative estimate of drug-likeness (QED) is 0.298. The summed E-state index contributed by atoms with van der Waals surface area (Å²) in [5.41, 5.74) is 0. The molecule has 0 aliphatic rings. The fourth-order valence-electron chi connectivity index (χ4n) is 1.53. The maximum Gasteiger partial charge on any atom is 0.330 e. The number of carboxylic acid groups (broad SMARTS) is 1. The predicted octanol–water partition coefficient (Wildman–Crippen LogP) is 4.70. The summed E-state index contributed by atoms with van der Waals surface area (Å²) in [7, 11) is 0. The van der Waals surface area contributed by atoms with Crippen LogP contribution >= 0.6 is 0 Å². The third-order valence-electron chi connectivity index (χ3n) is 3.25. The second-order valence-corrected chi connectivity index (χ2v) is 5.52. The van der Waals surface area contributed by atoms with Gasteiger partial charge in [-0.05, 0) is 18.8 Å². The summed E-state index contributed by atoms with van der Waals surface area (Å²) in [5.74, 6) is -1.10. The SMILES string of the molecule is C=CC(=O)O.C=CC(=O)OCC(CC)CCCC.C=CC(=O)OCCCC. The first-order chi connectivity index (χ1) is 12.8. The maximum atomic E-state index is 10.8. The van der Waals surface area contributed by atoms with Gasteiger partial charge in [-0.25, -0.2) is 14.4 Å². The Morgan fingerprint density at radius 1 is 0.889 bits per heavy atom. The van der Waals surface area contributed by atoms with Gasteiger partial charge in [0.25, 0.3) is 0 Å². The molecule has 156 valence electrons. The van der Waals surface area contributed by atoms with E-state index in [4.69, 9.17) is 9.84 Å². The Kier molecular flexibility index (Phi) is 25.7. The van der Waals surface area contributed by atoms with Gasteiger partial charge in [0.15, 0.2) is 0 Å². The smallest absolute Gasteiger partial charge is 0.330 e. The molecule has 0 aromatic rings. The van der Waals surface area contributed by atoms with Gasteiger partial charge < -0.3 is 14.6 Å². The topological polar surface area (TPSA) is 89.9 Å². The van der Waals surface area contributed by atoms with Crippen LogP contribution in [0.4, 0.5) is 0 Å². The molecule has 0 rings (SSSR count). The largest absolute Gasteiger partial charge is 0.478 e. The number of unbranched alkanes of at least 4 members (excludes halogenated alkanes) is 2. The Hall–Kier alpha value is -2.37. The van der Waals surface area contributed by atoms with Gasteiger partial charge in [0.2, 0.25) is 0 Å². The summed E-state index contributed by atoms with van der Waals surface area (Å²) >= 11 is 0. The molecule has 1 atom stereocenters. The van der Waals surface area contributed by atoms with E-state index >= 15 is 0 Å². The van der Waals surface area contributed by atoms with Crippen LogP contribution in [-0.2, 0) is 23.9 Å². The minimum Gasteiger partial charge on any atom is -0.478 e. The van der Waals surface area contributed by atoms with Crippen molar-refractivity contribution in [3.8, 4) is 0 Å². The first kappa shape index (κ1) is 29.4. The Labute approximate surface area is 163 Å². The van der Waals surface area contributed by atoms with Gasteiger partial charge in [0.1, 0.15) is 0 Å². The van der Waals surface area contributed by atoms with Gasteiger partial charge in [-0.3, -0.25) is 0 Å². The van der Waals surface area contributed by atoms with Crippen molar-refractivity contribution in [3.63, 3.8) is 0 Å². The van der Waals surface area contributed by atoms with Crippen LogP contribution in [0.1, 0.15) is 59.3 Å². The molecule has 6 nitrogen and oxygen atoms in total. The van der Waals surface area contributed by atoms with E-state index in [1.54, 1.807) is 0 Å². The summed E-state index contributed by atoms with van der Waals surface area (Å²) in [6.45, 7) is 17.0. The molecule has 6 heteroatoms. The highest BCUT2D eigenvalue weighted by atomic mass is 16.5. The molecule has 0 fully saturated rings. The van der Waals surface area contributed by atoms with Crippen molar-refractivity contribution in [2.24, 2.45) is 5.92 Å². The van der Waals surface area contributed by atoms with Crippen molar-refractivity contribution in [1.82, 2.24) is 0 Å². The standard InChI is InChI=1S/C11H20O2.C7H12O2.C3H4O2/c1-4-7-8-10(5-2)9-13-11(12)6-3;1-3-5-6-9-7(8)4-2;1-2-3(4)5/h6,10H,3-5,7-9H2,1-2H3;4H,2-3,5-6H2,1H3;2H,1H2,(H,4,5). The van der Waals surface area contributed by atoms with Crippen LogP contribution in [0.2, 0.25) is 0 Å². The number of esters is 2. The number of hydrogen-bond donors (Lipinski definition) is 1. The van der Waals surface area contributed by atoms with Gasteiger partial charge in [-0.15, -0.1) is 0 Å². The number of rotatable bonds is 12. The Morgan fingerprint density at radius 3 is 1.74 bits per heavy atom. The zero-order valence-electron chi connectivity index (χ0n) is 17.1. The highest BCUT2D eigenvalue weighted by Crippen LogP contribution is 2.12. The van der Waals surface area contributed by atoms with Crippen molar-refractivity contribution in [1.29, 1.82) is 0 Å². The number of aliphatic carboxylic acids is 1. The van der Waals surface area contributed by atoms with Crippen LogP contribution in [0.3, 0.4) is 0 Å². The van der Waals surface area contributed by atoms with Crippen LogP contribution in [0.15, 0.2) is 38.0 Å². The van der Waals surface area contributed by atoms with Crippen LogP contribution in [0, 0.1) is 5.92 Å². The van der Waals surface area contributed by atoms with Crippen LogP contribution in [0.5, 0.6) is 0 Å². The zero-order chi connectivity index (χ0) is 21.5. The lowest BCUT2D eigenvalue weighted by atomic mass is 10.0. The molecule has 0 aromatic carbocycles. The lowest BCUT2D eigenvalue weighted by Gasteiger charge is -2.13. The van der Waals surface area contributed by atoms with Crippen molar-refractivity contribution in [2.75, 3.05) is 13.2 Å². The van der Waals surface area contributed by atoms with Gasteiger partial charge >= 0.3 is 17.9 Å². The van der Waals surface area contributed by atoms with E-state index in [1.807, 2.05) is 6.92 Å². The summed E-state index contributed by atoms with van der Waals surface area (Å²) in [6, 6.07) is 0. The first-order valence-corrected chi connectivity index (χ1v) is 9.26. The second kappa shape index (κ2) is 23.6. The summed E-state index contributed by atoms with van der Waals surface area (Å²) in [5, 5.41) is 7.60. The number of carbonyl (C=O) groups excluding carboxylic acids is 2. The summed E-state index contributed by atoms with van der Waals surface area (Å²) < 4.78 is 9.66. The van der Waals surface area contributed by atoms with Gasteiger partial charge in [0.05, 0.1) is 13.2 Å². The zero-order valence-corrected chi connectivity index (χ0v) is 17.1. The molecule has 0 aliphatic carbocycles. The molecule has 0 saturated carbocycles. The molecule has 0 heterocycles. The number of carbonyl (C=O) groups is 3. The molecular weight excluding hydrogens is 348 g/mol. The Bertz CT molecular complexity index is 428. The Balaban J connectivity index is -0.000000356. The van der Waals surface area contributed by atoms with E-state index in [9.17, 15) is 14.4 Å². The molecule has 0 spiro atoms. The fraction of sp³-hybridized carbons (Fsp3) is 0.571. The van der Waals surface area contributed by atoms with Gasteiger partial charge in [-0.2, -0.15) is 0 Å². The second-order valence-electron chi connectivity index (χ2n) is 5.52. The van der Waals surface area contributed by atoms with E-state index in [1.165, 1.54) is 25.0 Å². The number of carboxylic acids is 1. The third-order valence-corrected chi connectivity index (χ3v) is 3.25. The van der Waals surface area contributed by atoms with Crippen molar-refractivity contribution < 1.29 is 29.0 Å². The number of ether oxygens (including phenoxy) is 2. The predicted molar refractivity (Wildman–Crippen MR) is 108 cm³/mol. The molecule has 0 aliphatic heterocycles. The molecular formula is C21H36O6. The van der Waals surface area contributed by atoms with E-state index in [0.29, 0.717) is 19.1 Å². The Morgan fingerprint density at radius 2 is 1.37 bits per heavy atom. The minimum absolute atomic E-state index is 0.310. The molecule has 27 heavy (non-hydrogen) atoms. The normalized spacial score (nSPS) is 9.89. The van der Waals surface area contributed by atoms with Crippen molar-refractivity contribution >= 4 is 17.9 Å². The van der Waals surface area contributed by atoms with Crippen molar-refractivity contribution in [3.05, 3.63) is 38.0 Å². The highest BCUT2D eigenvalue weighted by molar-refractivity contribution is 5.81. The average molecular weight is 385 g/mol.